The second-order valence-corrected chi connectivity index (χ2v) is 10.7. The summed E-state index contributed by atoms with van der Waals surface area (Å²) < 4.78 is 0. The molecule has 4 aromatic rings. The van der Waals surface area contributed by atoms with E-state index in [-0.39, 0.29) is 23.2 Å². The summed E-state index contributed by atoms with van der Waals surface area (Å²) in [4.78, 5) is 39.3. The second kappa shape index (κ2) is 13.4. The summed E-state index contributed by atoms with van der Waals surface area (Å²) in [5.41, 5.74) is 4.63. The molecule has 10 nitrogen and oxygen atoms in total. The van der Waals surface area contributed by atoms with E-state index in [0.717, 1.165) is 43.1 Å². The summed E-state index contributed by atoms with van der Waals surface area (Å²) in [5, 5.41) is 12.6. The van der Waals surface area contributed by atoms with Crippen LogP contribution in [-0.2, 0) is 4.79 Å². The number of benzene rings is 3. The summed E-state index contributed by atoms with van der Waals surface area (Å²) >= 11 is 6.20. The lowest BCUT2D eigenvalue weighted by Gasteiger charge is -2.34. The lowest BCUT2D eigenvalue weighted by molar-refractivity contribution is -0.111. The number of halogens is 1. The van der Waals surface area contributed by atoms with Gasteiger partial charge >= 0.3 is 0 Å². The highest BCUT2D eigenvalue weighted by Crippen LogP contribution is 2.29. The van der Waals surface area contributed by atoms with E-state index in [1.54, 1.807) is 30.3 Å². The Balaban J connectivity index is 1.42. The second-order valence-electron chi connectivity index (χ2n) is 10.3. The highest BCUT2D eigenvalue weighted by molar-refractivity contribution is 6.31. The number of nitrogens with one attached hydrogen (secondary N) is 4. The number of aromatic nitrogens is 2. The highest BCUT2D eigenvalue weighted by Gasteiger charge is 2.18. The highest BCUT2D eigenvalue weighted by atomic mass is 35.5. The molecule has 4 N–H and O–H groups in total. The Hall–Kier alpha value is -4.93. The third kappa shape index (κ3) is 7.68. The Morgan fingerprint density at radius 1 is 0.907 bits per heavy atom. The number of carbonyl (C=O) groups excluding carboxylic acids is 2. The van der Waals surface area contributed by atoms with Gasteiger partial charge in [0.15, 0.2) is 0 Å². The number of para-hydroxylation sites is 2. The molecule has 0 bridgehead atoms. The predicted molar refractivity (Wildman–Crippen MR) is 174 cm³/mol. The molecular formula is C32H33ClN8O2. The van der Waals surface area contributed by atoms with E-state index in [0.29, 0.717) is 22.1 Å². The van der Waals surface area contributed by atoms with Crippen LogP contribution in [0.2, 0.25) is 5.02 Å². The molecule has 11 heteroatoms. The van der Waals surface area contributed by atoms with Gasteiger partial charge in [0.1, 0.15) is 11.4 Å². The van der Waals surface area contributed by atoms with E-state index in [2.05, 4.69) is 66.8 Å². The van der Waals surface area contributed by atoms with Crippen molar-refractivity contribution in [3.8, 4) is 0 Å². The number of aryl methyl sites for hydroxylation is 1. The van der Waals surface area contributed by atoms with E-state index in [1.165, 1.54) is 12.3 Å². The van der Waals surface area contributed by atoms with Crippen molar-refractivity contribution in [2.24, 2.45) is 0 Å². The van der Waals surface area contributed by atoms with E-state index < -0.39 is 5.91 Å². The zero-order valence-electron chi connectivity index (χ0n) is 24.0. The molecule has 0 unspecified atom stereocenters. The maximum absolute atomic E-state index is 13.4. The molecule has 1 aromatic heterocycles. The summed E-state index contributed by atoms with van der Waals surface area (Å²) in [6.07, 6.45) is 2.64. The fraction of sp³-hybridized carbons (Fsp3) is 0.188. The van der Waals surface area contributed by atoms with Crippen molar-refractivity contribution in [2.75, 3.05) is 59.4 Å². The van der Waals surface area contributed by atoms with Crippen molar-refractivity contribution in [3.63, 3.8) is 0 Å². The van der Waals surface area contributed by atoms with E-state index in [1.807, 2.05) is 31.2 Å². The van der Waals surface area contributed by atoms with E-state index in [4.69, 9.17) is 11.6 Å². The molecule has 0 saturated carbocycles. The quantitative estimate of drug-likeness (QED) is 0.173. The number of amides is 2. The number of hydrogen-bond donors (Lipinski definition) is 4. The topological polar surface area (TPSA) is 115 Å². The molecule has 220 valence electrons. The summed E-state index contributed by atoms with van der Waals surface area (Å²) in [5.74, 6) is -0.269. The Bertz CT molecular complexity index is 1610. The monoisotopic (exact) mass is 596 g/mol. The molecule has 1 saturated heterocycles. The van der Waals surface area contributed by atoms with Crippen LogP contribution in [0.4, 0.5) is 40.2 Å². The van der Waals surface area contributed by atoms with Gasteiger partial charge in [0, 0.05) is 54.5 Å². The van der Waals surface area contributed by atoms with Crippen LogP contribution in [0.3, 0.4) is 0 Å². The summed E-state index contributed by atoms with van der Waals surface area (Å²) in [6, 6.07) is 20.5. The molecule has 3 aromatic carbocycles. The molecule has 43 heavy (non-hydrogen) atoms. The Kier molecular flexibility index (Phi) is 9.19. The molecule has 0 radical (unpaired) electrons. The molecule has 0 atom stereocenters. The average Bonchev–Trinajstić information content (AvgIpc) is 2.98. The van der Waals surface area contributed by atoms with Gasteiger partial charge in [-0.3, -0.25) is 9.59 Å². The number of nitrogens with zero attached hydrogens (tertiary/aromatic N) is 4. The SMILES string of the molecule is C=CC(=O)Nc1ccccc1Nc1nc(Nc2ccc(N3CCN(C)CC3)cc2)ncc1C(=O)Nc1cc(C)cc(Cl)c1. The fourth-order valence-corrected chi connectivity index (χ4v) is 4.96. The van der Waals surface area contributed by atoms with Crippen LogP contribution in [0.1, 0.15) is 15.9 Å². The molecule has 1 aliphatic rings. The Labute approximate surface area is 255 Å². The van der Waals surface area contributed by atoms with Crippen LogP contribution < -0.4 is 26.2 Å². The number of anilines is 7. The number of likely N-dealkylation sites (N-methyl/N-ethyl adjacent to an activating group) is 1. The minimum atomic E-state index is -0.431. The molecule has 1 aliphatic heterocycles. The maximum atomic E-state index is 13.4. The predicted octanol–water partition coefficient (Wildman–Crippen LogP) is 6.05. The van der Waals surface area contributed by atoms with Gasteiger partial charge in [-0.25, -0.2) is 4.98 Å². The zero-order chi connectivity index (χ0) is 30.3. The standard InChI is InChI=1S/C32H33ClN8O2/c1-4-29(42)37-27-7-5-6-8-28(27)38-30-26(31(43)35-24-18-21(2)17-22(33)19-24)20-34-32(39-30)36-23-9-11-25(12-10-23)41-15-13-40(3)14-16-41/h4-12,17-20H,1,13-16H2,2-3H3,(H,35,43)(H,37,42)(H2,34,36,38,39). The van der Waals surface area contributed by atoms with Gasteiger partial charge < -0.3 is 31.1 Å². The first-order valence-electron chi connectivity index (χ1n) is 13.8. The number of piperazine rings is 1. The van der Waals surface area contributed by atoms with E-state index in [9.17, 15) is 9.59 Å². The minimum absolute atomic E-state index is 0.193. The largest absolute Gasteiger partial charge is 0.369 e. The van der Waals surface area contributed by atoms with Crippen molar-refractivity contribution in [1.29, 1.82) is 0 Å². The third-order valence-electron chi connectivity index (χ3n) is 6.95. The van der Waals surface area contributed by atoms with Crippen molar-refractivity contribution in [3.05, 3.63) is 102 Å². The third-order valence-corrected chi connectivity index (χ3v) is 7.17. The molecule has 0 spiro atoms. The molecular weight excluding hydrogens is 564 g/mol. The van der Waals surface area contributed by atoms with Crippen molar-refractivity contribution in [1.82, 2.24) is 14.9 Å². The van der Waals surface area contributed by atoms with Crippen LogP contribution in [0.25, 0.3) is 0 Å². The van der Waals surface area contributed by atoms with Gasteiger partial charge in [-0.1, -0.05) is 30.3 Å². The van der Waals surface area contributed by atoms with Crippen molar-refractivity contribution in [2.45, 2.75) is 6.92 Å². The lowest BCUT2D eigenvalue weighted by atomic mass is 10.2. The van der Waals surface area contributed by atoms with Gasteiger partial charge in [0.2, 0.25) is 11.9 Å². The maximum Gasteiger partial charge on any atom is 0.261 e. The molecule has 2 amide bonds. The van der Waals surface area contributed by atoms with Crippen LogP contribution in [0.15, 0.2) is 85.6 Å². The number of rotatable bonds is 9. The minimum Gasteiger partial charge on any atom is -0.369 e. The summed E-state index contributed by atoms with van der Waals surface area (Å²) in [6.45, 7) is 9.43. The Morgan fingerprint density at radius 2 is 1.63 bits per heavy atom. The fourth-order valence-electron chi connectivity index (χ4n) is 4.67. The van der Waals surface area contributed by atoms with Crippen LogP contribution in [-0.4, -0.2) is 59.9 Å². The van der Waals surface area contributed by atoms with Gasteiger partial charge in [-0.15, -0.1) is 0 Å². The van der Waals surface area contributed by atoms with Gasteiger partial charge in [-0.05, 0) is 80.2 Å². The van der Waals surface area contributed by atoms with Crippen LogP contribution >= 0.6 is 11.6 Å². The van der Waals surface area contributed by atoms with E-state index >= 15 is 0 Å². The van der Waals surface area contributed by atoms with Crippen LogP contribution in [0.5, 0.6) is 0 Å². The molecule has 1 fully saturated rings. The van der Waals surface area contributed by atoms with Gasteiger partial charge in [0.05, 0.1) is 11.4 Å². The first-order chi connectivity index (χ1) is 20.8. The number of carbonyl (C=O) groups is 2. The summed E-state index contributed by atoms with van der Waals surface area (Å²) in [7, 11) is 2.14. The molecule has 0 aliphatic carbocycles. The first-order valence-corrected chi connectivity index (χ1v) is 14.2. The Morgan fingerprint density at radius 3 is 2.33 bits per heavy atom. The molecule has 2 heterocycles. The van der Waals surface area contributed by atoms with Gasteiger partial charge in [-0.2, -0.15) is 4.98 Å². The van der Waals surface area contributed by atoms with Crippen molar-refractivity contribution >= 4 is 63.6 Å². The van der Waals surface area contributed by atoms with Gasteiger partial charge in [0.25, 0.3) is 5.91 Å². The zero-order valence-corrected chi connectivity index (χ0v) is 24.8. The smallest absolute Gasteiger partial charge is 0.261 e. The lowest BCUT2D eigenvalue weighted by Crippen LogP contribution is -2.44. The van der Waals surface area contributed by atoms with Crippen molar-refractivity contribution < 1.29 is 9.59 Å². The normalized spacial score (nSPS) is 13.2. The first kappa shape index (κ1) is 29.6. The molecule has 5 rings (SSSR count). The average molecular weight is 597 g/mol. The van der Waals surface area contributed by atoms with Crippen LogP contribution in [0, 0.1) is 6.92 Å². The number of hydrogen-bond acceptors (Lipinski definition) is 8.